The third-order valence-corrected chi connectivity index (χ3v) is 3.30. The Labute approximate surface area is 146 Å². The van der Waals surface area contributed by atoms with Crippen molar-refractivity contribution in [3.63, 3.8) is 0 Å². The van der Waals surface area contributed by atoms with Gasteiger partial charge < -0.3 is 15.8 Å². The predicted molar refractivity (Wildman–Crippen MR) is 86.5 cm³/mol. The van der Waals surface area contributed by atoms with Gasteiger partial charge in [0.25, 0.3) is 0 Å². The number of hydrogen-bond donors (Lipinski definition) is 2. The topological polar surface area (TPSA) is 59.6 Å². The van der Waals surface area contributed by atoms with Crippen LogP contribution in [0.3, 0.4) is 0 Å². The van der Waals surface area contributed by atoms with Gasteiger partial charge in [-0.3, -0.25) is 0 Å². The first-order valence-corrected chi connectivity index (χ1v) is 7.55. The molecule has 0 saturated heterocycles. The molecule has 0 fully saturated rings. The lowest BCUT2D eigenvalue weighted by Gasteiger charge is -2.09. The number of aliphatic imine (C=N–C) groups is 1. The van der Waals surface area contributed by atoms with Crippen molar-refractivity contribution in [3.8, 4) is 5.75 Å². The highest BCUT2D eigenvalue weighted by atomic mass is 19.4. The van der Waals surface area contributed by atoms with Gasteiger partial charge in [0.15, 0.2) is 5.96 Å². The maximum atomic E-state index is 13.5. The average molecular weight is 373 g/mol. The van der Waals surface area contributed by atoms with Crippen LogP contribution in [-0.2, 0) is 13.0 Å². The fourth-order valence-electron chi connectivity index (χ4n) is 2.08. The van der Waals surface area contributed by atoms with Crippen LogP contribution < -0.4 is 15.8 Å². The molecule has 2 rings (SSSR count). The predicted octanol–water partition coefficient (Wildman–Crippen LogP) is 3.51. The van der Waals surface area contributed by atoms with E-state index in [9.17, 15) is 22.0 Å². The first-order chi connectivity index (χ1) is 12.2. The molecule has 3 N–H and O–H groups in total. The Morgan fingerprint density at radius 1 is 1.08 bits per heavy atom. The number of rotatable bonds is 6. The maximum Gasteiger partial charge on any atom is 0.573 e. The molecule has 0 heterocycles. The number of nitrogens with two attached hydrogens (primary N) is 1. The molecule has 140 valence electrons. The van der Waals surface area contributed by atoms with E-state index in [2.05, 4.69) is 15.0 Å². The van der Waals surface area contributed by atoms with Gasteiger partial charge in [0, 0.05) is 12.6 Å². The Balaban J connectivity index is 1.80. The van der Waals surface area contributed by atoms with E-state index in [1.807, 2.05) is 0 Å². The minimum absolute atomic E-state index is 0.100. The van der Waals surface area contributed by atoms with Crippen molar-refractivity contribution in [1.29, 1.82) is 0 Å². The van der Waals surface area contributed by atoms with Gasteiger partial charge in [0.2, 0.25) is 0 Å². The van der Waals surface area contributed by atoms with Gasteiger partial charge in [-0.15, -0.1) is 13.2 Å². The molecular formula is C17H16F5N3O. The van der Waals surface area contributed by atoms with Crippen LogP contribution in [0, 0.1) is 11.6 Å². The van der Waals surface area contributed by atoms with Gasteiger partial charge in [-0.25, -0.2) is 13.8 Å². The summed E-state index contributed by atoms with van der Waals surface area (Å²) in [6, 6.07) is 8.56. The second-order valence-electron chi connectivity index (χ2n) is 5.31. The van der Waals surface area contributed by atoms with Gasteiger partial charge in [-0.05, 0) is 35.7 Å². The monoisotopic (exact) mass is 373 g/mol. The smallest absolute Gasteiger partial charge is 0.406 e. The lowest BCUT2D eigenvalue weighted by Crippen LogP contribution is -2.33. The van der Waals surface area contributed by atoms with Crippen molar-refractivity contribution in [2.24, 2.45) is 10.7 Å². The molecule has 4 nitrogen and oxygen atoms in total. The first kappa shape index (κ1) is 19.5. The second-order valence-corrected chi connectivity index (χ2v) is 5.31. The molecule has 0 aromatic heterocycles. The van der Waals surface area contributed by atoms with Crippen molar-refractivity contribution >= 4 is 5.96 Å². The number of guanidine groups is 1. The summed E-state index contributed by atoms with van der Waals surface area (Å²) < 4.78 is 66.3. The molecule has 2 aromatic rings. The van der Waals surface area contributed by atoms with Crippen LogP contribution >= 0.6 is 0 Å². The molecule has 0 aliphatic heterocycles. The fourth-order valence-corrected chi connectivity index (χ4v) is 2.08. The van der Waals surface area contributed by atoms with Crippen molar-refractivity contribution in [2.75, 3.05) is 6.54 Å². The lowest BCUT2D eigenvalue weighted by molar-refractivity contribution is -0.274. The number of nitrogens with one attached hydrogen (secondary N) is 1. The van der Waals surface area contributed by atoms with Crippen LogP contribution in [0.4, 0.5) is 22.0 Å². The van der Waals surface area contributed by atoms with Gasteiger partial charge in [-0.1, -0.05) is 18.2 Å². The van der Waals surface area contributed by atoms with Gasteiger partial charge in [0.05, 0.1) is 6.54 Å². The largest absolute Gasteiger partial charge is 0.573 e. The van der Waals surface area contributed by atoms with Crippen LogP contribution in [0.15, 0.2) is 47.5 Å². The minimum atomic E-state index is -4.74. The van der Waals surface area contributed by atoms with E-state index in [-0.39, 0.29) is 31.2 Å². The van der Waals surface area contributed by atoms with Gasteiger partial charge >= 0.3 is 6.36 Å². The zero-order chi connectivity index (χ0) is 19.2. The van der Waals surface area contributed by atoms with E-state index < -0.39 is 18.0 Å². The molecule has 0 spiro atoms. The van der Waals surface area contributed by atoms with Crippen LogP contribution in [0.5, 0.6) is 5.75 Å². The third-order valence-electron chi connectivity index (χ3n) is 3.30. The molecule has 0 atom stereocenters. The maximum absolute atomic E-state index is 13.5. The molecule has 0 saturated carbocycles. The molecule has 0 unspecified atom stereocenters. The molecule has 0 aliphatic carbocycles. The summed E-state index contributed by atoms with van der Waals surface area (Å²) in [6.45, 7) is 0.437. The fraction of sp³-hybridized carbons (Fsp3) is 0.235. The molecular weight excluding hydrogens is 357 g/mol. The summed E-state index contributed by atoms with van der Waals surface area (Å²) in [5, 5.41) is 2.78. The van der Waals surface area contributed by atoms with E-state index in [1.165, 1.54) is 36.4 Å². The van der Waals surface area contributed by atoms with Crippen molar-refractivity contribution in [2.45, 2.75) is 19.3 Å². The molecule has 0 amide bonds. The summed E-state index contributed by atoms with van der Waals surface area (Å²) in [5.74, 6) is -1.50. The normalized spacial score (nSPS) is 12.1. The number of benzene rings is 2. The van der Waals surface area contributed by atoms with Gasteiger partial charge in [-0.2, -0.15) is 0 Å². The van der Waals surface area contributed by atoms with Crippen molar-refractivity contribution < 1.29 is 26.7 Å². The average Bonchev–Trinajstić information content (AvgIpc) is 2.55. The number of hydrogen-bond acceptors (Lipinski definition) is 2. The van der Waals surface area contributed by atoms with Crippen LogP contribution in [0.25, 0.3) is 0 Å². The van der Waals surface area contributed by atoms with Crippen LogP contribution in [0.2, 0.25) is 0 Å². The molecule has 0 aliphatic rings. The minimum Gasteiger partial charge on any atom is -0.406 e. The highest BCUT2D eigenvalue weighted by Gasteiger charge is 2.30. The quantitative estimate of drug-likeness (QED) is 0.463. The molecule has 9 heteroatoms. The first-order valence-electron chi connectivity index (χ1n) is 7.55. The highest BCUT2D eigenvalue weighted by Crippen LogP contribution is 2.22. The van der Waals surface area contributed by atoms with Crippen molar-refractivity contribution in [1.82, 2.24) is 5.32 Å². The van der Waals surface area contributed by atoms with Crippen LogP contribution in [0.1, 0.15) is 11.1 Å². The summed E-state index contributed by atoms with van der Waals surface area (Å²) in [5.41, 5.74) is 6.65. The SMILES string of the molecule is NC(=NCc1ccc(OC(F)(F)F)cc1)NCCc1ccc(F)cc1F. The van der Waals surface area contributed by atoms with Gasteiger partial charge in [0.1, 0.15) is 17.4 Å². The van der Waals surface area contributed by atoms with E-state index >= 15 is 0 Å². The summed E-state index contributed by atoms with van der Waals surface area (Å²) in [6.07, 6.45) is -4.45. The van der Waals surface area contributed by atoms with Crippen LogP contribution in [-0.4, -0.2) is 18.9 Å². The standard InChI is InChI=1S/C17H16F5N3O/c18-13-4-3-12(15(19)9-13)7-8-24-16(23)25-10-11-1-5-14(6-2-11)26-17(20,21)22/h1-6,9H,7-8,10H2,(H3,23,24,25). The Morgan fingerprint density at radius 2 is 1.77 bits per heavy atom. The summed E-state index contributed by atoms with van der Waals surface area (Å²) in [4.78, 5) is 4.03. The molecule has 0 radical (unpaired) electrons. The van der Waals surface area contributed by atoms with E-state index in [1.54, 1.807) is 0 Å². The summed E-state index contributed by atoms with van der Waals surface area (Å²) in [7, 11) is 0. The third kappa shape index (κ3) is 6.58. The zero-order valence-electron chi connectivity index (χ0n) is 13.5. The Kier molecular flexibility index (Phi) is 6.37. The molecule has 2 aromatic carbocycles. The Hall–Kier alpha value is -2.84. The number of halogens is 5. The second kappa shape index (κ2) is 8.50. The highest BCUT2D eigenvalue weighted by molar-refractivity contribution is 5.77. The molecule has 26 heavy (non-hydrogen) atoms. The van der Waals surface area contributed by atoms with E-state index in [0.717, 1.165) is 6.07 Å². The Bertz CT molecular complexity index is 760. The van der Waals surface area contributed by atoms with E-state index in [0.29, 0.717) is 11.1 Å². The summed E-state index contributed by atoms with van der Waals surface area (Å²) >= 11 is 0. The Morgan fingerprint density at radius 3 is 2.38 bits per heavy atom. The van der Waals surface area contributed by atoms with Crippen molar-refractivity contribution in [3.05, 3.63) is 65.2 Å². The number of ether oxygens (including phenoxy) is 1. The number of alkyl halides is 3. The lowest BCUT2D eigenvalue weighted by atomic mass is 10.1. The zero-order valence-corrected chi connectivity index (χ0v) is 13.5. The number of nitrogens with zero attached hydrogens (tertiary/aromatic N) is 1. The van der Waals surface area contributed by atoms with E-state index in [4.69, 9.17) is 5.73 Å². The molecule has 0 bridgehead atoms.